The van der Waals surface area contributed by atoms with Crippen molar-refractivity contribution in [2.24, 2.45) is 0 Å². The first-order valence-corrected chi connectivity index (χ1v) is 11.3. The van der Waals surface area contributed by atoms with Crippen molar-refractivity contribution in [3.63, 3.8) is 0 Å². The molecule has 2 aromatic heterocycles. The van der Waals surface area contributed by atoms with Crippen molar-refractivity contribution in [3.05, 3.63) is 64.7 Å². The van der Waals surface area contributed by atoms with Crippen LogP contribution < -0.4 is 5.32 Å². The Bertz CT molecular complexity index is 1190. The maximum Gasteiger partial charge on any atom is 0.417 e. The Morgan fingerprint density at radius 3 is 2.58 bits per heavy atom. The highest BCUT2D eigenvalue weighted by molar-refractivity contribution is 5.72. The minimum Gasteiger partial charge on any atom is -0.338 e. The molecule has 0 unspecified atom stereocenters. The van der Waals surface area contributed by atoms with Gasteiger partial charge in [-0.25, -0.2) is 4.39 Å². The van der Waals surface area contributed by atoms with Crippen molar-refractivity contribution >= 4 is 17.6 Å². The lowest BCUT2D eigenvalue weighted by Crippen LogP contribution is -2.10. The van der Waals surface area contributed by atoms with Gasteiger partial charge in [-0.2, -0.15) is 18.3 Å². The molecule has 1 fully saturated rings. The van der Waals surface area contributed by atoms with Crippen molar-refractivity contribution < 1.29 is 17.6 Å². The Balaban J connectivity index is 1.58. The number of alkyl halides is 3. The van der Waals surface area contributed by atoms with E-state index in [1.54, 1.807) is 12.1 Å². The Morgan fingerprint density at radius 1 is 1.00 bits per heavy atom. The van der Waals surface area contributed by atoms with Crippen LogP contribution in [-0.4, -0.2) is 15.2 Å². The maximum atomic E-state index is 13.7. The molecular weight excluding hydrogens is 432 g/mol. The quantitative estimate of drug-likeness (QED) is 0.399. The minimum atomic E-state index is -4.48. The van der Waals surface area contributed by atoms with Gasteiger partial charge in [-0.05, 0) is 43.5 Å². The van der Waals surface area contributed by atoms with Crippen molar-refractivity contribution in [1.82, 2.24) is 15.2 Å². The van der Waals surface area contributed by atoms with E-state index in [0.717, 1.165) is 43.0 Å². The number of hydrogen-bond donors (Lipinski definition) is 2. The number of aromatic nitrogens is 3. The summed E-state index contributed by atoms with van der Waals surface area (Å²) in [5.74, 6) is 0.569. The second kappa shape index (κ2) is 8.65. The first-order chi connectivity index (χ1) is 15.9. The van der Waals surface area contributed by atoms with Crippen LogP contribution in [0.1, 0.15) is 67.0 Å². The number of benzene rings is 1. The zero-order valence-electron chi connectivity index (χ0n) is 18.0. The molecule has 2 aliphatic carbocycles. The summed E-state index contributed by atoms with van der Waals surface area (Å²) in [6.07, 6.45) is 3.04. The third-order valence-corrected chi connectivity index (χ3v) is 6.45. The number of nitrogens with one attached hydrogen (secondary N) is 2. The molecule has 5 rings (SSSR count). The lowest BCUT2D eigenvalue weighted by atomic mass is 9.86. The van der Waals surface area contributed by atoms with E-state index >= 15 is 0 Å². The SMILES string of the molecule is FC1=Cc2[nH]nc(Nc3cc(-c4ccccc4C(F)(F)F)nc(C4CCCCC4)c3)c2CC1. The Morgan fingerprint density at radius 2 is 1.79 bits per heavy atom. The molecule has 1 saturated carbocycles. The van der Waals surface area contributed by atoms with Gasteiger partial charge in [-0.15, -0.1) is 0 Å². The van der Waals surface area contributed by atoms with Crippen LogP contribution in [0.25, 0.3) is 17.3 Å². The lowest BCUT2D eigenvalue weighted by molar-refractivity contribution is -0.137. The van der Waals surface area contributed by atoms with Gasteiger partial charge in [0, 0.05) is 34.8 Å². The smallest absolute Gasteiger partial charge is 0.338 e. The van der Waals surface area contributed by atoms with Gasteiger partial charge in [0.05, 0.1) is 17.0 Å². The van der Waals surface area contributed by atoms with Gasteiger partial charge in [-0.1, -0.05) is 37.5 Å². The number of nitrogens with zero attached hydrogens (tertiary/aromatic N) is 2. The molecule has 0 atom stereocenters. The van der Waals surface area contributed by atoms with Crippen molar-refractivity contribution in [2.75, 3.05) is 5.32 Å². The Kier molecular flexibility index (Phi) is 5.68. The first-order valence-electron chi connectivity index (χ1n) is 11.3. The van der Waals surface area contributed by atoms with E-state index in [0.29, 0.717) is 30.0 Å². The van der Waals surface area contributed by atoms with Crippen LogP contribution in [0.15, 0.2) is 42.2 Å². The van der Waals surface area contributed by atoms with Crippen LogP contribution in [0.5, 0.6) is 0 Å². The number of pyridine rings is 1. The molecule has 8 heteroatoms. The van der Waals surface area contributed by atoms with Gasteiger partial charge in [0.1, 0.15) is 5.83 Å². The predicted octanol–water partition coefficient (Wildman–Crippen LogP) is 7.54. The van der Waals surface area contributed by atoms with E-state index in [-0.39, 0.29) is 23.0 Å². The van der Waals surface area contributed by atoms with Crippen LogP contribution in [-0.2, 0) is 12.6 Å². The molecule has 0 amide bonds. The zero-order valence-corrected chi connectivity index (χ0v) is 18.0. The summed E-state index contributed by atoms with van der Waals surface area (Å²) < 4.78 is 54.8. The van der Waals surface area contributed by atoms with E-state index in [1.807, 2.05) is 6.07 Å². The van der Waals surface area contributed by atoms with Gasteiger partial charge in [0.25, 0.3) is 0 Å². The van der Waals surface area contributed by atoms with E-state index in [9.17, 15) is 17.6 Å². The molecular formula is C25H24F4N4. The van der Waals surface area contributed by atoms with Crippen LogP contribution in [0.3, 0.4) is 0 Å². The van der Waals surface area contributed by atoms with Gasteiger partial charge >= 0.3 is 6.18 Å². The number of H-pyrrole nitrogens is 1. The fourth-order valence-corrected chi connectivity index (χ4v) is 4.79. The normalized spacial score (nSPS) is 16.9. The van der Waals surface area contributed by atoms with Gasteiger partial charge in [-0.3, -0.25) is 10.1 Å². The van der Waals surface area contributed by atoms with Gasteiger partial charge < -0.3 is 5.32 Å². The minimum absolute atomic E-state index is 0.0553. The summed E-state index contributed by atoms with van der Waals surface area (Å²) in [7, 11) is 0. The highest BCUT2D eigenvalue weighted by Crippen LogP contribution is 2.40. The zero-order chi connectivity index (χ0) is 23.0. The van der Waals surface area contributed by atoms with E-state index in [2.05, 4.69) is 15.5 Å². The van der Waals surface area contributed by atoms with Crippen LogP contribution in [0, 0.1) is 0 Å². The average molecular weight is 456 g/mol. The molecule has 0 radical (unpaired) electrons. The Hall–Kier alpha value is -3.16. The molecule has 1 aromatic carbocycles. The number of anilines is 2. The molecule has 33 heavy (non-hydrogen) atoms. The number of hydrogen-bond acceptors (Lipinski definition) is 3. The van der Waals surface area contributed by atoms with Gasteiger partial charge in [0.2, 0.25) is 0 Å². The second-order valence-corrected chi connectivity index (χ2v) is 8.72. The number of rotatable bonds is 4. The van der Waals surface area contributed by atoms with E-state index in [4.69, 9.17) is 4.98 Å². The fourth-order valence-electron chi connectivity index (χ4n) is 4.79. The van der Waals surface area contributed by atoms with Crippen molar-refractivity contribution in [2.45, 2.75) is 57.0 Å². The summed E-state index contributed by atoms with van der Waals surface area (Å²) in [4.78, 5) is 4.70. The molecule has 172 valence electrons. The summed E-state index contributed by atoms with van der Waals surface area (Å²) in [5, 5.41) is 10.4. The highest BCUT2D eigenvalue weighted by atomic mass is 19.4. The molecule has 3 aromatic rings. The molecule has 0 aliphatic heterocycles. The standard InChI is InChI=1S/C25H24F4N4/c26-16-10-11-19-23(12-16)32-33-24(19)30-17-13-21(15-6-2-1-3-7-15)31-22(14-17)18-8-4-5-9-20(18)25(27,28)29/h4-5,8-9,12-15H,1-3,6-7,10-11H2,(H2,30,31,32,33). The summed E-state index contributed by atoms with van der Waals surface area (Å²) >= 11 is 0. The molecule has 2 aliphatic rings. The monoisotopic (exact) mass is 456 g/mol. The average Bonchev–Trinajstić information content (AvgIpc) is 3.20. The van der Waals surface area contributed by atoms with Gasteiger partial charge in [0.15, 0.2) is 5.82 Å². The fraction of sp³-hybridized carbons (Fsp3) is 0.360. The highest BCUT2D eigenvalue weighted by Gasteiger charge is 2.34. The largest absolute Gasteiger partial charge is 0.417 e. The lowest BCUT2D eigenvalue weighted by Gasteiger charge is -2.23. The first kappa shape index (κ1) is 21.7. The molecule has 2 N–H and O–H groups in total. The van der Waals surface area contributed by atoms with Crippen molar-refractivity contribution in [3.8, 4) is 11.3 Å². The summed E-state index contributed by atoms with van der Waals surface area (Å²) in [5.41, 5.74) is 2.53. The molecule has 0 saturated heterocycles. The number of aromatic amines is 1. The Labute approximate surface area is 189 Å². The van der Waals surface area contributed by atoms with Crippen molar-refractivity contribution in [1.29, 1.82) is 0 Å². The molecule has 0 bridgehead atoms. The molecule has 2 heterocycles. The number of allylic oxidation sites excluding steroid dienone is 1. The predicted molar refractivity (Wildman–Crippen MR) is 120 cm³/mol. The van der Waals surface area contributed by atoms with Crippen LogP contribution >= 0.6 is 0 Å². The van der Waals surface area contributed by atoms with Crippen LogP contribution in [0.4, 0.5) is 29.1 Å². The maximum absolute atomic E-state index is 13.7. The summed E-state index contributed by atoms with van der Waals surface area (Å²) in [6.45, 7) is 0. The topological polar surface area (TPSA) is 53.6 Å². The van der Waals surface area contributed by atoms with E-state index in [1.165, 1.54) is 24.6 Å². The molecule has 0 spiro atoms. The van der Waals surface area contributed by atoms with E-state index < -0.39 is 11.7 Å². The van der Waals surface area contributed by atoms with Crippen LogP contribution in [0.2, 0.25) is 0 Å². The number of halogens is 4. The second-order valence-electron chi connectivity index (χ2n) is 8.72. The summed E-state index contributed by atoms with van der Waals surface area (Å²) in [6, 6.07) is 9.08. The number of fused-ring (bicyclic) bond motifs is 1. The molecule has 4 nitrogen and oxygen atoms in total. The third-order valence-electron chi connectivity index (χ3n) is 6.45. The third kappa shape index (κ3) is 4.51.